The molecular weight excluding hydrogens is 394 g/mol. The average Bonchev–Trinajstić information content (AvgIpc) is 2.69. The molecule has 0 saturated heterocycles. The lowest BCUT2D eigenvalue weighted by atomic mass is 9.55. The van der Waals surface area contributed by atoms with Gasteiger partial charge >= 0.3 is 17.2 Å². The van der Waals surface area contributed by atoms with Gasteiger partial charge in [-0.2, -0.15) is 0 Å². The van der Waals surface area contributed by atoms with Crippen molar-refractivity contribution in [2.24, 2.45) is 17.3 Å². The first-order valence-electron chi connectivity index (χ1n) is 9.81. The predicted octanol–water partition coefficient (Wildman–Crippen LogP) is 2.31. The monoisotopic (exact) mass is 428 g/mol. The van der Waals surface area contributed by atoms with E-state index < -0.39 is 41.4 Å². The van der Waals surface area contributed by atoms with Crippen LogP contribution in [0.5, 0.6) is 0 Å². The van der Waals surface area contributed by atoms with Crippen molar-refractivity contribution in [2.45, 2.75) is 69.8 Å². The maximum absolute atomic E-state index is 10.4. The maximum Gasteiger partial charge on any atom is 0.327 e. The van der Waals surface area contributed by atoms with Crippen LogP contribution < -0.4 is 0 Å². The molecule has 0 aromatic heterocycles. The molecule has 0 atom stereocenters. The van der Waals surface area contributed by atoms with Gasteiger partial charge in [0.25, 0.3) is 0 Å². The average molecular weight is 428 g/mol. The van der Waals surface area contributed by atoms with Gasteiger partial charge in [-0.1, -0.05) is 38.5 Å². The van der Waals surface area contributed by atoms with Crippen molar-refractivity contribution < 1.29 is 38.8 Å². The van der Waals surface area contributed by atoms with E-state index in [1.54, 1.807) is 0 Å². The molecule has 0 heterocycles. The second kappa shape index (κ2) is 11.1. The molecule has 0 radical (unpaired) electrons. The molecule has 0 aromatic carbocycles. The molecule has 0 aromatic rings. The summed E-state index contributed by atoms with van der Waals surface area (Å²) in [6.07, 6.45) is 9.26. The molecule has 10 heteroatoms. The minimum Gasteiger partial charge on any atom is -0.395 e. The quantitative estimate of drug-likeness (QED) is 0.291. The van der Waals surface area contributed by atoms with Crippen molar-refractivity contribution >= 4 is 17.2 Å². The van der Waals surface area contributed by atoms with Crippen LogP contribution in [0.4, 0.5) is 0 Å². The maximum atomic E-state index is 10.4. The highest BCUT2D eigenvalue weighted by Gasteiger charge is 2.61. The normalized spacial score (nSPS) is 21.3. The Bertz CT molecular complexity index is 403. The summed E-state index contributed by atoms with van der Waals surface area (Å²) in [6, 6.07) is 0. The standard InChI is InChI=1S/C17H34O8P2/c18-11-16(12-19,13-24-26(20)21)17(25-27(22)23,14-7-3-1-4-8-14)15-9-5-2-6-10-15/h14-15,18-23H,1-13H2. The van der Waals surface area contributed by atoms with Crippen molar-refractivity contribution in [1.29, 1.82) is 0 Å². The minimum absolute atomic E-state index is 0.0786. The van der Waals surface area contributed by atoms with Crippen LogP contribution in [-0.2, 0) is 9.05 Å². The Kier molecular flexibility index (Phi) is 9.77. The highest BCUT2D eigenvalue weighted by molar-refractivity contribution is 7.39. The Morgan fingerprint density at radius 2 is 1.15 bits per heavy atom. The van der Waals surface area contributed by atoms with Gasteiger partial charge in [0.15, 0.2) is 0 Å². The summed E-state index contributed by atoms with van der Waals surface area (Å²) in [5.74, 6) is -0.157. The Morgan fingerprint density at radius 1 is 0.704 bits per heavy atom. The summed E-state index contributed by atoms with van der Waals surface area (Å²) < 4.78 is 11.0. The van der Waals surface area contributed by atoms with Gasteiger partial charge in [0.1, 0.15) is 0 Å². The third-order valence-electron chi connectivity index (χ3n) is 6.55. The minimum atomic E-state index is -2.74. The van der Waals surface area contributed by atoms with E-state index in [2.05, 4.69) is 0 Å². The van der Waals surface area contributed by atoms with E-state index in [1.807, 2.05) is 0 Å². The molecule has 0 bridgehead atoms. The molecule has 2 rings (SSSR count). The third kappa shape index (κ3) is 5.37. The van der Waals surface area contributed by atoms with Crippen LogP contribution in [0.1, 0.15) is 64.2 Å². The van der Waals surface area contributed by atoms with Crippen molar-refractivity contribution in [1.82, 2.24) is 0 Å². The van der Waals surface area contributed by atoms with E-state index in [1.165, 1.54) is 0 Å². The number of hydrogen-bond acceptors (Lipinski definition) is 8. The number of aliphatic hydroxyl groups excluding tert-OH is 2. The summed E-state index contributed by atoms with van der Waals surface area (Å²) in [4.78, 5) is 38.3. The van der Waals surface area contributed by atoms with Crippen LogP contribution in [0.2, 0.25) is 0 Å². The van der Waals surface area contributed by atoms with Crippen molar-refractivity contribution in [3.63, 3.8) is 0 Å². The first kappa shape index (κ1) is 23.8. The lowest BCUT2D eigenvalue weighted by molar-refractivity contribution is -0.205. The molecule has 0 amide bonds. The van der Waals surface area contributed by atoms with E-state index in [4.69, 9.17) is 9.05 Å². The zero-order chi connectivity index (χ0) is 19.9. The molecule has 2 aliphatic carbocycles. The van der Waals surface area contributed by atoms with E-state index >= 15 is 0 Å². The smallest absolute Gasteiger partial charge is 0.327 e. The summed E-state index contributed by atoms with van der Waals surface area (Å²) >= 11 is 0. The molecule has 2 aliphatic rings. The van der Waals surface area contributed by atoms with Gasteiger partial charge in [-0.15, -0.1) is 0 Å². The molecule has 2 saturated carbocycles. The van der Waals surface area contributed by atoms with Crippen molar-refractivity contribution in [3.8, 4) is 0 Å². The van der Waals surface area contributed by atoms with E-state index in [0.717, 1.165) is 64.2 Å². The SMILES string of the molecule is OCC(CO)(COP(O)O)C(OP(O)O)(C1CCCCC1)C1CCCCC1. The highest BCUT2D eigenvalue weighted by atomic mass is 31.2. The lowest BCUT2D eigenvalue weighted by Crippen LogP contribution is -2.65. The van der Waals surface area contributed by atoms with Crippen LogP contribution in [0.15, 0.2) is 0 Å². The molecule has 27 heavy (non-hydrogen) atoms. The van der Waals surface area contributed by atoms with Crippen molar-refractivity contribution in [2.75, 3.05) is 19.8 Å². The van der Waals surface area contributed by atoms with Crippen LogP contribution >= 0.6 is 17.2 Å². The van der Waals surface area contributed by atoms with Gasteiger partial charge in [0.2, 0.25) is 0 Å². The second-order valence-electron chi connectivity index (χ2n) is 7.93. The molecule has 0 aliphatic heterocycles. The predicted molar refractivity (Wildman–Crippen MR) is 102 cm³/mol. The van der Waals surface area contributed by atoms with Crippen LogP contribution in [0.3, 0.4) is 0 Å². The Morgan fingerprint density at radius 3 is 1.48 bits per heavy atom. The van der Waals surface area contributed by atoms with E-state index in [9.17, 15) is 29.8 Å². The Hall–Kier alpha value is 0.540. The molecule has 8 nitrogen and oxygen atoms in total. The first-order valence-corrected chi connectivity index (χ1v) is 12.1. The van der Waals surface area contributed by atoms with Gasteiger partial charge in [-0.3, -0.25) is 0 Å². The lowest BCUT2D eigenvalue weighted by Gasteiger charge is -2.57. The van der Waals surface area contributed by atoms with Gasteiger partial charge in [-0.05, 0) is 37.5 Å². The third-order valence-corrected chi connectivity index (χ3v) is 7.37. The van der Waals surface area contributed by atoms with Gasteiger partial charge in [-0.25, -0.2) is 0 Å². The fraction of sp³-hybridized carbons (Fsp3) is 1.00. The highest BCUT2D eigenvalue weighted by Crippen LogP contribution is 2.58. The zero-order valence-corrected chi connectivity index (χ0v) is 17.5. The topological polar surface area (TPSA) is 140 Å². The zero-order valence-electron chi connectivity index (χ0n) is 15.7. The van der Waals surface area contributed by atoms with Crippen LogP contribution in [0.25, 0.3) is 0 Å². The molecule has 0 spiro atoms. The van der Waals surface area contributed by atoms with Gasteiger partial charge in [0.05, 0.1) is 30.8 Å². The number of hydrogen-bond donors (Lipinski definition) is 6. The summed E-state index contributed by atoms with van der Waals surface area (Å²) in [5, 5.41) is 20.7. The molecule has 160 valence electrons. The number of aliphatic hydroxyl groups is 2. The largest absolute Gasteiger partial charge is 0.395 e. The van der Waals surface area contributed by atoms with Gasteiger partial charge in [0, 0.05) is 0 Å². The van der Waals surface area contributed by atoms with Crippen LogP contribution in [-0.4, -0.2) is 55.2 Å². The summed E-state index contributed by atoms with van der Waals surface area (Å²) in [7, 11) is -5.41. The van der Waals surface area contributed by atoms with Crippen molar-refractivity contribution in [3.05, 3.63) is 0 Å². The fourth-order valence-corrected chi connectivity index (χ4v) is 6.45. The Balaban J connectivity index is 2.53. The number of rotatable bonds is 10. The first-order chi connectivity index (χ1) is 12.9. The Labute approximate surface area is 163 Å². The molecule has 2 fully saturated rings. The van der Waals surface area contributed by atoms with Gasteiger partial charge < -0.3 is 38.8 Å². The van der Waals surface area contributed by atoms with Crippen LogP contribution in [0, 0.1) is 17.3 Å². The molecule has 0 unspecified atom stereocenters. The van der Waals surface area contributed by atoms with E-state index in [0.29, 0.717) is 0 Å². The summed E-state index contributed by atoms with van der Waals surface area (Å²) in [6.45, 7) is -1.35. The van der Waals surface area contributed by atoms with E-state index in [-0.39, 0.29) is 18.4 Å². The second-order valence-corrected chi connectivity index (χ2v) is 9.38. The molecule has 6 N–H and O–H groups in total. The summed E-state index contributed by atoms with van der Waals surface area (Å²) in [5.41, 5.74) is -2.56. The fourth-order valence-electron chi connectivity index (χ4n) is 5.33. The molecular formula is C17H34O8P2.